The fourth-order valence-corrected chi connectivity index (χ4v) is 2.16. The second-order valence-corrected chi connectivity index (χ2v) is 4.33. The van der Waals surface area contributed by atoms with Crippen LogP contribution in [0, 0.1) is 0 Å². The zero-order chi connectivity index (χ0) is 14.9. The monoisotopic (exact) mass is 352 g/mol. The molecule has 0 saturated carbocycles. The van der Waals surface area contributed by atoms with Crippen molar-refractivity contribution in [3.8, 4) is 5.88 Å². The molecule has 0 aromatic carbocycles. The van der Waals surface area contributed by atoms with Crippen molar-refractivity contribution in [2.24, 2.45) is 0 Å². The molecule has 2 heterocycles. The second-order valence-electron chi connectivity index (χ2n) is 3.58. The van der Waals surface area contributed by atoms with E-state index in [1.54, 1.807) is 6.92 Å². The van der Waals surface area contributed by atoms with E-state index in [0.29, 0.717) is 0 Å². The van der Waals surface area contributed by atoms with Crippen LogP contribution in [0.3, 0.4) is 0 Å². The molecular weight excluding hydrogens is 345 g/mol. The Morgan fingerprint density at radius 3 is 2.75 bits per heavy atom. The maximum absolute atomic E-state index is 12.3. The first kappa shape index (κ1) is 14.6. The third-order valence-corrected chi connectivity index (χ3v) is 2.97. The molecule has 0 aliphatic heterocycles. The zero-order valence-corrected chi connectivity index (χ0v) is 11.7. The van der Waals surface area contributed by atoms with Crippen molar-refractivity contribution < 1.29 is 27.4 Å². The number of pyridine rings is 1. The fraction of sp³-hybridized carbons (Fsp3) is 0.273. The number of alkyl halides is 3. The van der Waals surface area contributed by atoms with E-state index in [1.165, 1.54) is 12.1 Å². The molecule has 2 aromatic heterocycles. The number of carbonyl (C=O) groups is 1. The molecule has 0 amide bonds. The number of carbonyl (C=O) groups excluding carboxylic acids is 1. The summed E-state index contributed by atoms with van der Waals surface area (Å²) in [5.74, 6) is -1.24. The molecule has 2 rings (SSSR count). The van der Waals surface area contributed by atoms with Crippen LogP contribution in [0.1, 0.15) is 17.4 Å². The fourth-order valence-electron chi connectivity index (χ4n) is 1.56. The lowest BCUT2D eigenvalue weighted by molar-refractivity contribution is -0.276. The van der Waals surface area contributed by atoms with Gasteiger partial charge in [-0.05, 0) is 35.0 Å². The van der Waals surface area contributed by atoms with Crippen LogP contribution in [0.5, 0.6) is 5.88 Å². The zero-order valence-electron chi connectivity index (χ0n) is 10.1. The molecule has 0 aliphatic carbocycles. The SMILES string of the molecule is CCOC(=O)c1nc2cccc(OC(F)(F)F)n2c1Br. The van der Waals surface area contributed by atoms with Crippen LogP contribution in [0.25, 0.3) is 5.65 Å². The summed E-state index contributed by atoms with van der Waals surface area (Å²) in [4.78, 5) is 15.6. The smallest absolute Gasteiger partial charge is 0.461 e. The molecule has 0 spiro atoms. The molecule has 0 atom stereocenters. The predicted octanol–water partition coefficient (Wildman–Crippen LogP) is 3.17. The average molecular weight is 353 g/mol. The first-order chi connectivity index (χ1) is 9.33. The van der Waals surface area contributed by atoms with Gasteiger partial charge < -0.3 is 9.47 Å². The van der Waals surface area contributed by atoms with Crippen LogP contribution in [-0.4, -0.2) is 28.3 Å². The van der Waals surface area contributed by atoms with Crippen molar-refractivity contribution in [2.75, 3.05) is 6.61 Å². The maximum atomic E-state index is 12.3. The third-order valence-electron chi connectivity index (χ3n) is 2.24. The van der Waals surface area contributed by atoms with Gasteiger partial charge in [0.25, 0.3) is 0 Å². The molecule has 0 bridgehead atoms. The van der Waals surface area contributed by atoms with Crippen LogP contribution in [0.15, 0.2) is 22.8 Å². The van der Waals surface area contributed by atoms with Gasteiger partial charge in [-0.1, -0.05) is 6.07 Å². The Balaban J connectivity index is 2.55. The van der Waals surface area contributed by atoms with E-state index in [-0.39, 0.29) is 22.6 Å². The Labute approximate surface area is 119 Å². The van der Waals surface area contributed by atoms with E-state index >= 15 is 0 Å². The molecule has 9 heteroatoms. The number of aromatic nitrogens is 2. The summed E-state index contributed by atoms with van der Waals surface area (Å²) in [6.45, 7) is 1.74. The lowest BCUT2D eigenvalue weighted by Gasteiger charge is -2.10. The number of nitrogens with zero attached hydrogens (tertiary/aromatic N) is 2. The molecule has 2 aromatic rings. The highest BCUT2D eigenvalue weighted by molar-refractivity contribution is 9.10. The Morgan fingerprint density at radius 2 is 2.15 bits per heavy atom. The second kappa shape index (κ2) is 5.31. The van der Waals surface area contributed by atoms with Crippen LogP contribution in [0.2, 0.25) is 0 Å². The molecule has 108 valence electrons. The highest BCUT2D eigenvalue weighted by atomic mass is 79.9. The van der Waals surface area contributed by atoms with Crippen LogP contribution in [0.4, 0.5) is 13.2 Å². The van der Waals surface area contributed by atoms with E-state index in [0.717, 1.165) is 10.5 Å². The Morgan fingerprint density at radius 1 is 1.45 bits per heavy atom. The topological polar surface area (TPSA) is 52.8 Å². The van der Waals surface area contributed by atoms with Crippen molar-refractivity contribution >= 4 is 27.5 Å². The van der Waals surface area contributed by atoms with E-state index in [1.807, 2.05) is 0 Å². The van der Waals surface area contributed by atoms with E-state index in [2.05, 4.69) is 25.7 Å². The first-order valence-electron chi connectivity index (χ1n) is 5.43. The number of esters is 1. The van der Waals surface area contributed by atoms with Gasteiger partial charge in [-0.3, -0.25) is 4.40 Å². The molecule has 0 N–H and O–H groups in total. The minimum Gasteiger partial charge on any atom is -0.461 e. The van der Waals surface area contributed by atoms with Gasteiger partial charge in [0, 0.05) is 0 Å². The molecular formula is C11H8BrF3N2O3. The van der Waals surface area contributed by atoms with E-state index < -0.39 is 18.2 Å². The maximum Gasteiger partial charge on any atom is 0.574 e. The molecule has 5 nitrogen and oxygen atoms in total. The average Bonchev–Trinajstić information content (AvgIpc) is 2.66. The van der Waals surface area contributed by atoms with Crippen LogP contribution in [-0.2, 0) is 4.74 Å². The Hall–Kier alpha value is -1.77. The number of hydrogen-bond acceptors (Lipinski definition) is 4. The van der Waals surface area contributed by atoms with Crippen molar-refractivity contribution in [1.29, 1.82) is 0 Å². The summed E-state index contributed by atoms with van der Waals surface area (Å²) in [6.07, 6.45) is -4.85. The van der Waals surface area contributed by atoms with E-state index in [4.69, 9.17) is 4.74 Å². The van der Waals surface area contributed by atoms with Gasteiger partial charge in [-0.15, -0.1) is 13.2 Å². The van der Waals surface area contributed by atoms with Crippen LogP contribution < -0.4 is 4.74 Å². The predicted molar refractivity (Wildman–Crippen MR) is 65.5 cm³/mol. The van der Waals surface area contributed by atoms with Gasteiger partial charge in [-0.2, -0.15) is 0 Å². The minimum absolute atomic E-state index is 0.0331. The van der Waals surface area contributed by atoms with Gasteiger partial charge in [0.05, 0.1) is 6.61 Å². The molecule has 0 aliphatic rings. The quantitative estimate of drug-likeness (QED) is 0.796. The number of imidazole rings is 1. The van der Waals surface area contributed by atoms with Gasteiger partial charge in [0.2, 0.25) is 5.88 Å². The highest BCUT2D eigenvalue weighted by Crippen LogP contribution is 2.29. The molecule has 0 unspecified atom stereocenters. The molecule has 20 heavy (non-hydrogen) atoms. The lowest BCUT2D eigenvalue weighted by Crippen LogP contribution is -2.18. The number of hydrogen-bond donors (Lipinski definition) is 0. The summed E-state index contributed by atoms with van der Waals surface area (Å²) in [7, 11) is 0. The lowest BCUT2D eigenvalue weighted by atomic mass is 10.4. The number of ether oxygens (including phenoxy) is 2. The highest BCUT2D eigenvalue weighted by Gasteiger charge is 2.33. The van der Waals surface area contributed by atoms with E-state index in [9.17, 15) is 18.0 Å². The number of fused-ring (bicyclic) bond motifs is 1. The summed E-state index contributed by atoms with van der Waals surface area (Å²) < 4.78 is 46.7. The summed E-state index contributed by atoms with van der Waals surface area (Å²) >= 11 is 3.03. The summed E-state index contributed by atoms with van der Waals surface area (Å²) in [5.41, 5.74) is 0.00625. The van der Waals surface area contributed by atoms with Gasteiger partial charge in [0.15, 0.2) is 5.69 Å². The van der Waals surface area contributed by atoms with Crippen LogP contribution >= 0.6 is 15.9 Å². The summed E-state index contributed by atoms with van der Waals surface area (Å²) in [6, 6.07) is 3.89. The number of halogens is 4. The molecule has 0 saturated heterocycles. The first-order valence-corrected chi connectivity index (χ1v) is 6.22. The summed E-state index contributed by atoms with van der Waals surface area (Å²) in [5, 5.41) is 0. The third kappa shape index (κ3) is 2.87. The molecule has 0 radical (unpaired) electrons. The molecule has 0 fully saturated rings. The number of rotatable bonds is 3. The normalized spacial score (nSPS) is 11.7. The Kier molecular flexibility index (Phi) is 3.89. The van der Waals surface area contributed by atoms with Crippen molar-refractivity contribution in [3.05, 3.63) is 28.5 Å². The van der Waals surface area contributed by atoms with Gasteiger partial charge in [0.1, 0.15) is 10.3 Å². The van der Waals surface area contributed by atoms with Crippen molar-refractivity contribution in [3.63, 3.8) is 0 Å². The van der Waals surface area contributed by atoms with Crippen molar-refractivity contribution in [1.82, 2.24) is 9.38 Å². The minimum atomic E-state index is -4.85. The largest absolute Gasteiger partial charge is 0.574 e. The van der Waals surface area contributed by atoms with Gasteiger partial charge in [-0.25, -0.2) is 9.78 Å². The van der Waals surface area contributed by atoms with Gasteiger partial charge >= 0.3 is 12.3 Å². The van der Waals surface area contributed by atoms with Crippen molar-refractivity contribution in [2.45, 2.75) is 13.3 Å². The standard InChI is InChI=1S/C11H8BrF3N2O3/c1-2-19-10(18)8-9(12)17-6(16-8)4-3-5-7(17)20-11(13,14)15/h3-5H,2H2,1H3. The Bertz CT molecular complexity index is 654.